The summed E-state index contributed by atoms with van der Waals surface area (Å²) in [6.07, 6.45) is 2.01. The molecule has 0 spiro atoms. The molecule has 0 aliphatic rings. The van der Waals surface area contributed by atoms with Crippen molar-refractivity contribution < 1.29 is 14.3 Å². The first-order chi connectivity index (χ1) is 8.49. The lowest BCUT2D eigenvalue weighted by Gasteiger charge is -2.02. The first-order valence-electron chi connectivity index (χ1n) is 5.23. The highest BCUT2D eigenvalue weighted by Crippen LogP contribution is 2.25. The summed E-state index contributed by atoms with van der Waals surface area (Å²) >= 11 is 11.8. The minimum absolute atomic E-state index is 0.0231. The van der Waals surface area contributed by atoms with Crippen LogP contribution in [-0.4, -0.2) is 11.1 Å². The van der Waals surface area contributed by atoms with Crippen molar-refractivity contribution in [3.8, 4) is 0 Å². The van der Waals surface area contributed by atoms with E-state index in [0.29, 0.717) is 22.0 Å². The number of furan rings is 1. The molecule has 1 heterocycles. The van der Waals surface area contributed by atoms with Gasteiger partial charge in [0.1, 0.15) is 0 Å². The van der Waals surface area contributed by atoms with E-state index in [4.69, 9.17) is 32.7 Å². The average Bonchev–Trinajstić information content (AvgIpc) is 2.66. The highest BCUT2D eigenvalue weighted by atomic mass is 35.5. The minimum Gasteiger partial charge on any atom is -0.475 e. The van der Waals surface area contributed by atoms with E-state index in [2.05, 4.69) is 0 Å². The van der Waals surface area contributed by atoms with E-state index >= 15 is 0 Å². The minimum atomic E-state index is -1.06. The summed E-state index contributed by atoms with van der Waals surface area (Å²) in [5.74, 6) is -1.09. The largest absolute Gasteiger partial charge is 0.475 e. The Morgan fingerprint density at radius 3 is 2.61 bits per heavy atom. The van der Waals surface area contributed by atoms with Crippen molar-refractivity contribution in [3.05, 3.63) is 57.0 Å². The van der Waals surface area contributed by atoms with Gasteiger partial charge in [0.05, 0.1) is 16.3 Å². The molecule has 1 N–H and O–H groups in total. The van der Waals surface area contributed by atoms with Crippen molar-refractivity contribution in [1.82, 2.24) is 0 Å². The summed E-state index contributed by atoms with van der Waals surface area (Å²) in [5.41, 5.74) is 2.41. The molecule has 0 atom stereocenters. The summed E-state index contributed by atoms with van der Waals surface area (Å²) in [7, 11) is 0. The van der Waals surface area contributed by atoms with Gasteiger partial charge in [0.25, 0.3) is 0 Å². The van der Waals surface area contributed by atoms with Crippen LogP contribution in [0.2, 0.25) is 10.0 Å². The standard InChI is InChI=1S/C13H10Cl2O3/c1-7-9(6-18-12(7)13(16)17)4-8-2-3-10(14)11(15)5-8/h2-3,5-6H,4H2,1H3,(H,16,17). The number of hydrogen-bond acceptors (Lipinski definition) is 2. The summed E-state index contributed by atoms with van der Waals surface area (Å²) in [4.78, 5) is 10.9. The van der Waals surface area contributed by atoms with Gasteiger partial charge in [-0.3, -0.25) is 0 Å². The molecule has 0 fully saturated rings. The maximum absolute atomic E-state index is 10.9. The SMILES string of the molecule is Cc1c(Cc2ccc(Cl)c(Cl)c2)coc1C(=O)O. The van der Waals surface area contributed by atoms with Gasteiger partial charge in [-0.1, -0.05) is 29.3 Å². The molecule has 2 aromatic rings. The molecular weight excluding hydrogens is 275 g/mol. The number of benzene rings is 1. The number of halogens is 2. The summed E-state index contributed by atoms with van der Waals surface area (Å²) in [5, 5.41) is 9.87. The lowest BCUT2D eigenvalue weighted by atomic mass is 10.0. The predicted octanol–water partition coefficient (Wildman–Crippen LogP) is 4.18. The van der Waals surface area contributed by atoms with E-state index in [9.17, 15) is 4.79 Å². The third-order valence-corrected chi connectivity index (χ3v) is 3.45. The van der Waals surface area contributed by atoms with Crippen molar-refractivity contribution in [3.63, 3.8) is 0 Å². The van der Waals surface area contributed by atoms with Crippen LogP contribution in [0.25, 0.3) is 0 Å². The van der Waals surface area contributed by atoms with E-state index in [1.165, 1.54) is 6.26 Å². The molecule has 3 nitrogen and oxygen atoms in total. The van der Waals surface area contributed by atoms with Crippen molar-refractivity contribution in [1.29, 1.82) is 0 Å². The lowest BCUT2D eigenvalue weighted by Crippen LogP contribution is -1.97. The fourth-order valence-electron chi connectivity index (χ4n) is 1.71. The van der Waals surface area contributed by atoms with Crippen LogP contribution in [0.4, 0.5) is 0 Å². The molecule has 0 saturated heterocycles. The Bertz CT molecular complexity index is 602. The fourth-order valence-corrected chi connectivity index (χ4v) is 2.03. The Morgan fingerprint density at radius 1 is 1.33 bits per heavy atom. The molecule has 1 aromatic heterocycles. The highest BCUT2D eigenvalue weighted by Gasteiger charge is 2.16. The molecular formula is C13H10Cl2O3. The van der Waals surface area contributed by atoms with Gasteiger partial charge in [-0.15, -0.1) is 0 Å². The normalized spacial score (nSPS) is 10.6. The number of carboxylic acid groups (broad SMARTS) is 1. The van der Waals surface area contributed by atoms with Crippen molar-refractivity contribution in [2.24, 2.45) is 0 Å². The zero-order valence-corrected chi connectivity index (χ0v) is 11.0. The third kappa shape index (κ3) is 2.52. The van der Waals surface area contributed by atoms with Crippen LogP contribution in [0.1, 0.15) is 27.2 Å². The van der Waals surface area contributed by atoms with Gasteiger partial charge in [-0.2, -0.15) is 0 Å². The molecule has 0 aliphatic heterocycles. The highest BCUT2D eigenvalue weighted by molar-refractivity contribution is 6.42. The van der Waals surface area contributed by atoms with Gasteiger partial charge in [0.15, 0.2) is 0 Å². The van der Waals surface area contributed by atoms with Crippen LogP contribution in [0, 0.1) is 6.92 Å². The van der Waals surface area contributed by atoms with Gasteiger partial charge in [-0.05, 0) is 30.2 Å². The van der Waals surface area contributed by atoms with Crippen LogP contribution in [-0.2, 0) is 6.42 Å². The number of carboxylic acids is 1. The number of rotatable bonds is 3. The molecule has 1 aromatic carbocycles. The maximum atomic E-state index is 10.9. The van der Waals surface area contributed by atoms with Crippen molar-refractivity contribution in [2.75, 3.05) is 0 Å². The second-order valence-electron chi connectivity index (χ2n) is 3.95. The second-order valence-corrected chi connectivity index (χ2v) is 4.76. The van der Waals surface area contributed by atoms with E-state index < -0.39 is 5.97 Å². The van der Waals surface area contributed by atoms with Crippen LogP contribution in [0.3, 0.4) is 0 Å². The van der Waals surface area contributed by atoms with Crippen molar-refractivity contribution in [2.45, 2.75) is 13.3 Å². The Morgan fingerprint density at radius 2 is 2.06 bits per heavy atom. The molecule has 0 unspecified atom stereocenters. The molecule has 2 rings (SSSR count). The monoisotopic (exact) mass is 284 g/mol. The maximum Gasteiger partial charge on any atom is 0.372 e. The Hall–Kier alpha value is -1.45. The summed E-state index contributed by atoms with van der Waals surface area (Å²) in [6.45, 7) is 1.72. The van der Waals surface area contributed by atoms with E-state index in [-0.39, 0.29) is 5.76 Å². The second kappa shape index (κ2) is 5.04. The summed E-state index contributed by atoms with van der Waals surface area (Å²) in [6, 6.07) is 5.32. The fraction of sp³-hybridized carbons (Fsp3) is 0.154. The first-order valence-corrected chi connectivity index (χ1v) is 5.99. The molecule has 5 heteroatoms. The van der Waals surface area contributed by atoms with Gasteiger partial charge >= 0.3 is 5.97 Å². The van der Waals surface area contributed by atoms with Gasteiger partial charge < -0.3 is 9.52 Å². The Labute approximate surface area is 114 Å². The molecule has 0 radical (unpaired) electrons. The van der Waals surface area contributed by atoms with Crippen LogP contribution in [0.15, 0.2) is 28.9 Å². The number of aromatic carboxylic acids is 1. The number of hydrogen-bond donors (Lipinski definition) is 1. The number of carbonyl (C=O) groups is 1. The topological polar surface area (TPSA) is 50.4 Å². The predicted molar refractivity (Wildman–Crippen MR) is 69.7 cm³/mol. The van der Waals surface area contributed by atoms with Gasteiger partial charge in [0.2, 0.25) is 5.76 Å². The lowest BCUT2D eigenvalue weighted by molar-refractivity contribution is 0.0661. The van der Waals surface area contributed by atoms with E-state index in [1.54, 1.807) is 19.1 Å². The molecule has 18 heavy (non-hydrogen) atoms. The third-order valence-electron chi connectivity index (χ3n) is 2.71. The van der Waals surface area contributed by atoms with Crippen LogP contribution < -0.4 is 0 Å². The average molecular weight is 285 g/mol. The smallest absolute Gasteiger partial charge is 0.372 e. The van der Waals surface area contributed by atoms with Crippen LogP contribution >= 0.6 is 23.2 Å². The van der Waals surface area contributed by atoms with E-state index in [0.717, 1.165) is 11.1 Å². The zero-order valence-electron chi connectivity index (χ0n) is 9.54. The molecule has 0 amide bonds. The Kier molecular flexibility index (Phi) is 3.64. The molecule has 94 valence electrons. The van der Waals surface area contributed by atoms with E-state index in [1.807, 2.05) is 6.07 Å². The van der Waals surface area contributed by atoms with Crippen molar-refractivity contribution >= 4 is 29.2 Å². The molecule has 0 aliphatic carbocycles. The van der Waals surface area contributed by atoms with Gasteiger partial charge in [0, 0.05) is 12.0 Å². The quantitative estimate of drug-likeness (QED) is 0.920. The molecule has 0 saturated carbocycles. The zero-order chi connectivity index (χ0) is 13.3. The Balaban J connectivity index is 2.29. The first kappa shape index (κ1) is 13.0. The van der Waals surface area contributed by atoms with Gasteiger partial charge in [-0.25, -0.2) is 4.79 Å². The summed E-state index contributed by atoms with van der Waals surface area (Å²) < 4.78 is 5.02. The molecule has 0 bridgehead atoms. The van der Waals surface area contributed by atoms with Crippen LogP contribution in [0.5, 0.6) is 0 Å².